The second-order valence-corrected chi connectivity index (χ2v) is 2.94. The van der Waals surface area contributed by atoms with Gasteiger partial charge in [0.2, 0.25) is 0 Å². The maximum atomic E-state index is 4.21. The fraction of sp³-hybridized carbons (Fsp3) is 0.100. The highest BCUT2D eigenvalue weighted by molar-refractivity contribution is 5.81. The van der Waals surface area contributed by atoms with E-state index in [1.54, 1.807) is 0 Å². The van der Waals surface area contributed by atoms with Crippen LogP contribution in [-0.4, -0.2) is 9.55 Å². The number of hydrogen-bond donors (Lipinski definition) is 0. The highest BCUT2D eigenvalue weighted by atomic mass is 15.0. The number of rotatable bonds is 0. The van der Waals surface area contributed by atoms with Gasteiger partial charge in [0.25, 0.3) is 0 Å². The van der Waals surface area contributed by atoms with Crippen molar-refractivity contribution in [3.63, 3.8) is 0 Å². The summed E-state index contributed by atoms with van der Waals surface area (Å²) >= 11 is 0. The second kappa shape index (κ2) is 1.97. The molecule has 0 fully saturated rings. The zero-order valence-corrected chi connectivity index (χ0v) is 6.49. The molecule has 2 aromatic rings. The van der Waals surface area contributed by atoms with Gasteiger partial charge in [-0.2, -0.15) is 0 Å². The Morgan fingerprint density at radius 2 is 2.50 bits per heavy atom. The molecule has 2 aromatic heterocycles. The molecule has 12 heavy (non-hydrogen) atoms. The van der Waals surface area contributed by atoms with Gasteiger partial charge in [-0.15, -0.1) is 0 Å². The van der Waals surface area contributed by atoms with Crippen molar-refractivity contribution >= 4 is 17.1 Å². The molecule has 0 atom stereocenters. The predicted molar refractivity (Wildman–Crippen MR) is 47.6 cm³/mol. The minimum Gasteiger partial charge on any atom is -0.322 e. The van der Waals surface area contributed by atoms with Gasteiger partial charge in [-0.25, -0.2) is 4.98 Å². The average molecular weight is 155 g/mol. The fourth-order valence-corrected chi connectivity index (χ4v) is 1.66. The number of hydrogen-bond acceptors (Lipinski definition) is 1. The summed E-state index contributed by atoms with van der Waals surface area (Å²) in [5.74, 6) is 0. The van der Waals surface area contributed by atoms with E-state index >= 15 is 0 Å². The molecule has 1 aliphatic rings. The summed E-state index contributed by atoms with van der Waals surface area (Å²) in [6, 6.07) is 6.04. The molecule has 3 rings (SSSR count). The lowest BCUT2D eigenvalue weighted by Gasteiger charge is -1.96. The first-order chi connectivity index (χ1) is 5.95. The van der Waals surface area contributed by atoms with E-state index in [1.807, 2.05) is 12.1 Å². The van der Waals surface area contributed by atoms with Crippen molar-refractivity contribution in [1.29, 1.82) is 0 Å². The first-order valence-electron chi connectivity index (χ1n) is 3.98. The molecule has 0 N–H and O–H groups in total. The van der Waals surface area contributed by atoms with E-state index < -0.39 is 0 Å². The normalized spacial score (nSPS) is 14.0. The molecular weight excluding hydrogens is 148 g/mol. The molecule has 0 aromatic carbocycles. The smallest absolute Gasteiger partial charge is 0.141 e. The first kappa shape index (κ1) is 6.00. The van der Waals surface area contributed by atoms with Crippen molar-refractivity contribution in [2.75, 3.05) is 0 Å². The van der Waals surface area contributed by atoms with Crippen LogP contribution in [0.5, 0.6) is 0 Å². The molecule has 2 heteroatoms. The van der Waals surface area contributed by atoms with Gasteiger partial charge in [0.1, 0.15) is 5.65 Å². The van der Waals surface area contributed by atoms with E-state index in [1.165, 1.54) is 11.1 Å². The third-order valence-corrected chi connectivity index (χ3v) is 2.21. The summed E-state index contributed by atoms with van der Waals surface area (Å²) in [4.78, 5) is 4.21. The van der Waals surface area contributed by atoms with Gasteiger partial charge in [0.15, 0.2) is 0 Å². The van der Waals surface area contributed by atoms with E-state index in [2.05, 4.69) is 34.0 Å². The number of fused-ring (bicyclic) bond motifs is 3. The van der Waals surface area contributed by atoms with Crippen molar-refractivity contribution in [2.24, 2.45) is 0 Å². The molecule has 1 aliphatic heterocycles. The summed E-state index contributed by atoms with van der Waals surface area (Å²) in [6.45, 7) is 0.948. The lowest BCUT2D eigenvalue weighted by molar-refractivity contribution is 0.867. The quantitative estimate of drug-likeness (QED) is 0.567. The molecular formula is C10H7N2. The zero-order chi connectivity index (χ0) is 7.97. The monoisotopic (exact) mass is 155 g/mol. The molecule has 2 nitrogen and oxygen atoms in total. The highest BCUT2D eigenvalue weighted by Gasteiger charge is 2.09. The van der Waals surface area contributed by atoms with Crippen molar-refractivity contribution in [3.8, 4) is 0 Å². The van der Waals surface area contributed by atoms with E-state index in [-0.39, 0.29) is 0 Å². The van der Waals surface area contributed by atoms with Crippen LogP contribution in [0.3, 0.4) is 0 Å². The number of nitrogens with zero attached hydrogens (tertiary/aromatic N) is 2. The third kappa shape index (κ3) is 0.619. The molecule has 3 heterocycles. The molecule has 0 spiro atoms. The Hall–Kier alpha value is -1.57. The number of aromatic nitrogens is 2. The van der Waals surface area contributed by atoms with Crippen LogP contribution in [0.15, 0.2) is 24.3 Å². The third-order valence-electron chi connectivity index (χ3n) is 2.21. The fourth-order valence-electron chi connectivity index (χ4n) is 1.66. The Bertz CT molecular complexity index is 466. The van der Waals surface area contributed by atoms with Crippen LogP contribution >= 0.6 is 0 Å². The van der Waals surface area contributed by atoms with Gasteiger partial charge in [-0.1, -0.05) is 6.08 Å². The van der Waals surface area contributed by atoms with Crippen LogP contribution in [0.25, 0.3) is 17.1 Å². The summed E-state index contributed by atoms with van der Waals surface area (Å²) in [5.41, 5.74) is 2.29. The number of allylic oxidation sites excluding steroid dienone is 1. The minimum atomic E-state index is 0.948. The standard InChI is InChI=1S/C10H7N2/c1-3-8-7-9-4-2-6-12(9)10(8)11-5-1/h1-4,7H,6H2. The SMILES string of the molecule is [c]1ccc2cc3n(c2n1)CC=C3. The maximum Gasteiger partial charge on any atom is 0.141 e. The molecule has 57 valence electrons. The van der Waals surface area contributed by atoms with Gasteiger partial charge < -0.3 is 4.57 Å². The van der Waals surface area contributed by atoms with Crippen LogP contribution in [0.4, 0.5) is 0 Å². The van der Waals surface area contributed by atoms with Crippen LogP contribution in [0.2, 0.25) is 0 Å². The van der Waals surface area contributed by atoms with E-state index in [0.29, 0.717) is 0 Å². The Balaban J connectivity index is 2.49. The van der Waals surface area contributed by atoms with Crippen molar-refractivity contribution in [2.45, 2.75) is 6.54 Å². The Morgan fingerprint density at radius 1 is 1.50 bits per heavy atom. The lowest BCUT2D eigenvalue weighted by Crippen LogP contribution is -1.92. The molecule has 0 unspecified atom stereocenters. The molecule has 0 bridgehead atoms. The Labute approximate surface area is 70.2 Å². The lowest BCUT2D eigenvalue weighted by atomic mass is 10.3. The van der Waals surface area contributed by atoms with Crippen LogP contribution in [-0.2, 0) is 6.54 Å². The van der Waals surface area contributed by atoms with Crippen molar-refractivity contribution < 1.29 is 0 Å². The Morgan fingerprint density at radius 3 is 3.50 bits per heavy atom. The van der Waals surface area contributed by atoms with Gasteiger partial charge in [0.05, 0.1) is 6.20 Å². The van der Waals surface area contributed by atoms with Crippen molar-refractivity contribution in [3.05, 3.63) is 36.2 Å². The summed E-state index contributed by atoms with van der Waals surface area (Å²) in [5, 5.41) is 1.20. The van der Waals surface area contributed by atoms with Gasteiger partial charge in [-0.3, -0.25) is 0 Å². The van der Waals surface area contributed by atoms with Crippen LogP contribution in [0.1, 0.15) is 5.69 Å². The van der Waals surface area contributed by atoms with Crippen LogP contribution in [0, 0.1) is 6.20 Å². The van der Waals surface area contributed by atoms with Crippen molar-refractivity contribution in [1.82, 2.24) is 9.55 Å². The van der Waals surface area contributed by atoms with E-state index in [0.717, 1.165) is 12.2 Å². The molecule has 0 saturated carbocycles. The molecule has 0 saturated heterocycles. The summed E-state index contributed by atoms with van der Waals surface area (Å²) < 4.78 is 2.19. The number of pyridine rings is 1. The minimum absolute atomic E-state index is 0.948. The largest absolute Gasteiger partial charge is 0.322 e. The van der Waals surface area contributed by atoms with Gasteiger partial charge >= 0.3 is 0 Å². The molecule has 0 aliphatic carbocycles. The van der Waals surface area contributed by atoms with E-state index in [4.69, 9.17) is 0 Å². The maximum absolute atomic E-state index is 4.21. The van der Waals surface area contributed by atoms with Gasteiger partial charge in [0, 0.05) is 17.6 Å². The summed E-state index contributed by atoms with van der Waals surface area (Å²) in [6.07, 6.45) is 7.12. The van der Waals surface area contributed by atoms with Crippen LogP contribution < -0.4 is 0 Å². The predicted octanol–water partition coefficient (Wildman–Crippen LogP) is 1.86. The molecule has 0 amide bonds. The second-order valence-electron chi connectivity index (χ2n) is 2.94. The average Bonchev–Trinajstić information content (AvgIpc) is 2.62. The summed E-state index contributed by atoms with van der Waals surface area (Å²) in [7, 11) is 0. The van der Waals surface area contributed by atoms with Gasteiger partial charge in [-0.05, 0) is 24.3 Å². The highest BCUT2D eigenvalue weighted by Crippen LogP contribution is 2.21. The Kier molecular flexibility index (Phi) is 0.987. The first-order valence-corrected chi connectivity index (χ1v) is 3.98. The van der Waals surface area contributed by atoms with E-state index in [9.17, 15) is 0 Å². The molecule has 1 radical (unpaired) electrons. The topological polar surface area (TPSA) is 17.8 Å². The zero-order valence-electron chi connectivity index (χ0n) is 6.49.